The molecule has 2 rings (SSSR count). The van der Waals surface area contributed by atoms with Gasteiger partial charge in [0.05, 0.1) is 18.8 Å². The molecule has 0 fully saturated rings. The van der Waals surface area contributed by atoms with Gasteiger partial charge in [-0.1, -0.05) is 27.7 Å². The standard InChI is InChI=1S/C12H20N2O/c1-5-9-7-14-11(15-8-9)6-10(13-14)12(2,3)4/h6,9H,5,7-8H2,1-4H3/t9-/m1/s1. The second kappa shape index (κ2) is 3.54. The Balaban J connectivity index is 2.26. The molecule has 1 aromatic rings. The van der Waals surface area contributed by atoms with Gasteiger partial charge >= 0.3 is 0 Å². The number of hydrogen-bond acceptors (Lipinski definition) is 2. The average Bonchev–Trinajstić information content (AvgIpc) is 2.59. The number of fused-ring (bicyclic) bond motifs is 1. The molecular formula is C12H20N2O. The Morgan fingerprint density at radius 3 is 2.87 bits per heavy atom. The van der Waals surface area contributed by atoms with Crippen molar-refractivity contribution in [3.8, 4) is 5.88 Å². The predicted octanol–water partition coefficient (Wildman–Crippen LogP) is 2.60. The summed E-state index contributed by atoms with van der Waals surface area (Å²) in [6, 6.07) is 2.08. The number of rotatable bonds is 1. The lowest BCUT2D eigenvalue weighted by Gasteiger charge is -2.22. The molecule has 0 saturated carbocycles. The summed E-state index contributed by atoms with van der Waals surface area (Å²) in [4.78, 5) is 0. The molecule has 3 nitrogen and oxygen atoms in total. The van der Waals surface area contributed by atoms with Crippen LogP contribution in [0.2, 0.25) is 0 Å². The van der Waals surface area contributed by atoms with Crippen molar-refractivity contribution >= 4 is 0 Å². The lowest BCUT2D eigenvalue weighted by molar-refractivity contribution is 0.161. The topological polar surface area (TPSA) is 27.1 Å². The highest BCUT2D eigenvalue weighted by atomic mass is 16.5. The highest BCUT2D eigenvalue weighted by Gasteiger charge is 2.24. The fourth-order valence-electron chi connectivity index (χ4n) is 1.76. The molecule has 0 unspecified atom stereocenters. The molecule has 1 atom stereocenters. The molecule has 84 valence electrons. The summed E-state index contributed by atoms with van der Waals surface area (Å²) in [7, 11) is 0. The Labute approximate surface area is 91.4 Å². The predicted molar refractivity (Wildman–Crippen MR) is 60.2 cm³/mol. The number of ether oxygens (including phenoxy) is 1. The minimum Gasteiger partial charge on any atom is -0.477 e. The van der Waals surface area contributed by atoms with Crippen molar-refractivity contribution in [3.63, 3.8) is 0 Å². The zero-order valence-electron chi connectivity index (χ0n) is 10.1. The SMILES string of the molecule is CC[C@H]1COc2cc(C(C)(C)C)nn2C1. The van der Waals surface area contributed by atoms with E-state index in [-0.39, 0.29) is 5.41 Å². The van der Waals surface area contributed by atoms with Crippen molar-refractivity contribution in [3.05, 3.63) is 11.8 Å². The van der Waals surface area contributed by atoms with Crippen molar-refractivity contribution in [2.24, 2.45) is 5.92 Å². The van der Waals surface area contributed by atoms with Gasteiger partial charge in [-0.3, -0.25) is 0 Å². The van der Waals surface area contributed by atoms with Crippen molar-refractivity contribution in [1.29, 1.82) is 0 Å². The Kier molecular flexibility index (Phi) is 2.49. The van der Waals surface area contributed by atoms with Crippen molar-refractivity contribution in [2.75, 3.05) is 6.61 Å². The molecule has 0 aliphatic carbocycles. The molecule has 1 aromatic heterocycles. The average molecular weight is 208 g/mol. The van der Waals surface area contributed by atoms with E-state index in [2.05, 4.69) is 38.9 Å². The third kappa shape index (κ3) is 2.01. The maximum Gasteiger partial charge on any atom is 0.212 e. The second-order valence-electron chi connectivity index (χ2n) is 5.39. The molecule has 15 heavy (non-hydrogen) atoms. The maximum absolute atomic E-state index is 5.70. The Morgan fingerprint density at radius 2 is 2.27 bits per heavy atom. The van der Waals surface area contributed by atoms with E-state index in [4.69, 9.17) is 4.74 Å². The van der Waals surface area contributed by atoms with Crippen LogP contribution in [0.3, 0.4) is 0 Å². The summed E-state index contributed by atoms with van der Waals surface area (Å²) < 4.78 is 7.72. The van der Waals surface area contributed by atoms with Crippen LogP contribution in [0.15, 0.2) is 6.07 Å². The summed E-state index contributed by atoms with van der Waals surface area (Å²) >= 11 is 0. The fraction of sp³-hybridized carbons (Fsp3) is 0.750. The Morgan fingerprint density at radius 1 is 1.53 bits per heavy atom. The minimum absolute atomic E-state index is 0.107. The van der Waals surface area contributed by atoms with E-state index in [0.29, 0.717) is 5.92 Å². The monoisotopic (exact) mass is 208 g/mol. The van der Waals surface area contributed by atoms with Crippen LogP contribution in [0.25, 0.3) is 0 Å². The van der Waals surface area contributed by atoms with Gasteiger partial charge in [0.2, 0.25) is 5.88 Å². The number of aromatic nitrogens is 2. The molecule has 0 amide bonds. The van der Waals surface area contributed by atoms with Gasteiger partial charge in [-0.15, -0.1) is 0 Å². The van der Waals surface area contributed by atoms with Crippen LogP contribution in [0, 0.1) is 5.92 Å². The van der Waals surface area contributed by atoms with Crippen LogP contribution in [-0.4, -0.2) is 16.4 Å². The molecule has 0 saturated heterocycles. The summed E-state index contributed by atoms with van der Waals surface area (Å²) in [5.74, 6) is 1.55. The molecular weight excluding hydrogens is 188 g/mol. The van der Waals surface area contributed by atoms with Crippen LogP contribution in [0.1, 0.15) is 39.8 Å². The van der Waals surface area contributed by atoms with E-state index in [1.54, 1.807) is 0 Å². The minimum atomic E-state index is 0.107. The third-order valence-electron chi connectivity index (χ3n) is 2.99. The van der Waals surface area contributed by atoms with Gasteiger partial charge in [0.25, 0.3) is 0 Å². The zero-order chi connectivity index (χ0) is 11.1. The molecule has 0 aromatic carbocycles. The third-order valence-corrected chi connectivity index (χ3v) is 2.99. The van der Waals surface area contributed by atoms with E-state index in [9.17, 15) is 0 Å². The van der Waals surface area contributed by atoms with Gasteiger partial charge in [0, 0.05) is 17.4 Å². The van der Waals surface area contributed by atoms with Crippen LogP contribution in [0.4, 0.5) is 0 Å². The van der Waals surface area contributed by atoms with Gasteiger partial charge in [0.15, 0.2) is 0 Å². The molecule has 0 N–H and O–H groups in total. The summed E-state index contributed by atoms with van der Waals surface area (Å²) in [5, 5.41) is 4.61. The van der Waals surface area contributed by atoms with Gasteiger partial charge in [-0.25, -0.2) is 4.68 Å². The Bertz CT molecular complexity index is 349. The van der Waals surface area contributed by atoms with E-state index >= 15 is 0 Å². The molecule has 2 heterocycles. The van der Waals surface area contributed by atoms with E-state index < -0.39 is 0 Å². The van der Waals surface area contributed by atoms with Crippen molar-refractivity contribution in [1.82, 2.24) is 9.78 Å². The zero-order valence-corrected chi connectivity index (χ0v) is 10.1. The van der Waals surface area contributed by atoms with Gasteiger partial charge in [0.1, 0.15) is 0 Å². The molecule has 0 spiro atoms. The van der Waals surface area contributed by atoms with Crippen molar-refractivity contribution in [2.45, 2.75) is 46.1 Å². The highest BCUT2D eigenvalue weighted by Crippen LogP contribution is 2.28. The first-order valence-corrected chi connectivity index (χ1v) is 5.72. The Hall–Kier alpha value is -0.990. The second-order valence-corrected chi connectivity index (χ2v) is 5.39. The number of nitrogens with zero attached hydrogens (tertiary/aromatic N) is 2. The first-order valence-electron chi connectivity index (χ1n) is 5.72. The molecule has 0 bridgehead atoms. The highest BCUT2D eigenvalue weighted by molar-refractivity contribution is 5.22. The van der Waals surface area contributed by atoms with Gasteiger partial charge in [-0.2, -0.15) is 5.10 Å². The first-order chi connectivity index (χ1) is 7.00. The molecule has 1 aliphatic heterocycles. The molecule has 0 radical (unpaired) electrons. The van der Waals surface area contributed by atoms with Crippen LogP contribution >= 0.6 is 0 Å². The summed E-state index contributed by atoms with van der Waals surface area (Å²) in [6.45, 7) is 10.6. The van der Waals surface area contributed by atoms with Crippen molar-refractivity contribution < 1.29 is 4.74 Å². The summed E-state index contributed by atoms with van der Waals surface area (Å²) in [5.41, 5.74) is 1.23. The van der Waals surface area contributed by atoms with Crippen LogP contribution in [0.5, 0.6) is 5.88 Å². The van der Waals surface area contributed by atoms with Gasteiger partial charge in [-0.05, 0) is 6.42 Å². The van der Waals surface area contributed by atoms with E-state index in [0.717, 1.165) is 31.1 Å². The quantitative estimate of drug-likeness (QED) is 0.709. The first kappa shape index (κ1) is 10.5. The van der Waals surface area contributed by atoms with Gasteiger partial charge < -0.3 is 4.74 Å². The largest absolute Gasteiger partial charge is 0.477 e. The molecule has 1 aliphatic rings. The smallest absolute Gasteiger partial charge is 0.212 e. The van der Waals surface area contributed by atoms with E-state index in [1.807, 2.05) is 4.68 Å². The maximum atomic E-state index is 5.70. The lowest BCUT2D eigenvalue weighted by Crippen LogP contribution is -2.25. The summed E-state index contributed by atoms with van der Waals surface area (Å²) in [6.07, 6.45) is 1.16. The number of hydrogen-bond donors (Lipinski definition) is 0. The lowest BCUT2D eigenvalue weighted by atomic mass is 9.93. The van der Waals surface area contributed by atoms with Crippen LogP contribution < -0.4 is 4.74 Å². The van der Waals surface area contributed by atoms with Crippen LogP contribution in [-0.2, 0) is 12.0 Å². The molecule has 3 heteroatoms. The normalized spacial score (nSPS) is 20.9. The fourth-order valence-corrected chi connectivity index (χ4v) is 1.76. The van der Waals surface area contributed by atoms with E-state index in [1.165, 1.54) is 0 Å².